The van der Waals surface area contributed by atoms with Crippen molar-refractivity contribution in [1.29, 1.82) is 0 Å². The van der Waals surface area contributed by atoms with E-state index in [0.717, 1.165) is 0 Å². The average Bonchev–Trinajstić information content (AvgIpc) is 2.27. The van der Waals surface area contributed by atoms with Gasteiger partial charge in [0, 0.05) is 18.3 Å². The minimum absolute atomic E-state index is 0.180. The number of fused-ring (bicyclic) bond motifs is 1. The topological polar surface area (TPSA) is 117 Å². The number of esters is 1. The number of carbonyl (C=O) groups is 1. The molecule has 0 aromatic rings. The number of hydrogen-bond acceptors (Lipinski definition) is 7. The Morgan fingerprint density at radius 2 is 2.39 bits per heavy atom. The molecule has 0 aromatic heterocycles. The molecular weight excluding hydrogens is 238 g/mol. The van der Waals surface area contributed by atoms with Gasteiger partial charge in [-0.3, -0.25) is 9.79 Å². The van der Waals surface area contributed by atoms with Gasteiger partial charge >= 0.3 is 5.97 Å². The highest BCUT2D eigenvalue weighted by Gasteiger charge is 2.58. The summed E-state index contributed by atoms with van der Waals surface area (Å²) in [7, 11) is 0. The van der Waals surface area contributed by atoms with Crippen LogP contribution in [0.4, 0.5) is 0 Å². The van der Waals surface area contributed by atoms with Crippen molar-refractivity contribution in [1.82, 2.24) is 5.32 Å². The number of nitrogens with two attached hydrogens (primary N) is 1. The molecule has 3 aliphatic rings. The molecule has 7 nitrogen and oxygen atoms in total. The Kier molecular flexibility index (Phi) is 2.49. The summed E-state index contributed by atoms with van der Waals surface area (Å²) in [6.45, 7) is 0.168. The van der Waals surface area contributed by atoms with E-state index in [4.69, 9.17) is 10.5 Å². The van der Waals surface area contributed by atoms with Gasteiger partial charge in [-0.15, -0.1) is 0 Å². The van der Waals surface area contributed by atoms with Crippen LogP contribution in [0.5, 0.6) is 0 Å². The lowest BCUT2D eigenvalue weighted by molar-refractivity contribution is -0.190. The van der Waals surface area contributed by atoms with Crippen molar-refractivity contribution in [3.8, 4) is 0 Å². The van der Waals surface area contributed by atoms with Gasteiger partial charge in [-0.05, 0) is 0 Å². The minimum atomic E-state index is -0.744. The third-order valence-electron chi connectivity index (χ3n) is 4.39. The van der Waals surface area contributed by atoms with Gasteiger partial charge in [0.2, 0.25) is 0 Å². The smallest absolute Gasteiger partial charge is 0.308 e. The van der Waals surface area contributed by atoms with Crippen LogP contribution in [0.1, 0.15) is 12.8 Å². The van der Waals surface area contributed by atoms with E-state index in [2.05, 4.69) is 10.3 Å². The van der Waals surface area contributed by atoms with Crippen molar-refractivity contribution in [2.75, 3.05) is 13.2 Å². The first-order valence-corrected chi connectivity index (χ1v) is 6.12. The lowest BCUT2D eigenvalue weighted by atomic mass is 9.62. The summed E-state index contributed by atoms with van der Waals surface area (Å²) in [5, 5.41) is 22.8. The number of nitrogens with zero attached hydrogens (tertiary/aromatic N) is 1. The summed E-state index contributed by atoms with van der Waals surface area (Å²) in [4.78, 5) is 15.8. The van der Waals surface area contributed by atoms with Crippen molar-refractivity contribution in [2.24, 2.45) is 22.6 Å². The zero-order chi connectivity index (χ0) is 12.9. The Morgan fingerprint density at radius 1 is 1.61 bits per heavy atom. The molecule has 1 unspecified atom stereocenters. The first-order valence-electron chi connectivity index (χ1n) is 6.12. The normalized spacial score (nSPS) is 46.6. The summed E-state index contributed by atoms with van der Waals surface area (Å²) in [6.07, 6.45) is -0.464. The van der Waals surface area contributed by atoms with Gasteiger partial charge in [0.25, 0.3) is 0 Å². The number of nitrogens with one attached hydrogen (secondary N) is 1. The molecule has 18 heavy (non-hydrogen) atoms. The molecule has 1 spiro atoms. The third kappa shape index (κ3) is 1.50. The Balaban J connectivity index is 1.99. The second-order valence-electron chi connectivity index (χ2n) is 5.36. The third-order valence-corrected chi connectivity index (χ3v) is 4.39. The number of ether oxygens (including phenoxy) is 1. The molecule has 0 aromatic carbocycles. The van der Waals surface area contributed by atoms with Crippen molar-refractivity contribution in [3.63, 3.8) is 0 Å². The van der Waals surface area contributed by atoms with Gasteiger partial charge in [-0.2, -0.15) is 0 Å². The van der Waals surface area contributed by atoms with Gasteiger partial charge < -0.3 is 26.0 Å². The maximum Gasteiger partial charge on any atom is 0.308 e. The largest absolute Gasteiger partial charge is 0.462 e. The molecule has 7 heteroatoms. The maximum atomic E-state index is 11.7. The van der Waals surface area contributed by atoms with Gasteiger partial charge in [-0.25, -0.2) is 0 Å². The van der Waals surface area contributed by atoms with E-state index in [1.807, 2.05) is 0 Å². The number of aliphatic hydroxyl groups excluding tert-OH is 2. The van der Waals surface area contributed by atoms with Gasteiger partial charge in [-0.1, -0.05) is 0 Å². The average molecular weight is 255 g/mol. The Morgan fingerprint density at radius 3 is 3.11 bits per heavy atom. The molecule has 100 valence electrons. The van der Waals surface area contributed by atoms with E-state index in [1.54, 1.807) is 0 Å². The fourth-order valence-corrected chi connectivity index (χ4v) is 3.49. The highest BCUT2D eigenvalue weighted by atomic mass is 16.5. The first kappa shape index (κ1) is 11.7. The van der Waals surface area contributed by atoms with E-state index >= 15 is 0 Å². The second kappa shape index (κ2) is 3.83. The van der Waals surface area contributed by atoms with E-state index in [0.29, 0.717) is 18.9 Å². The second-order valence-corrected chi connectivity index (χ2v) is 5.36. The van der Waals surface area contributed by atoms with Crippen LogP contribution in [0, 0.1) is 11.8 Å². The summed E-state index contributed by atoms with van der Waals surface area (Å²) in [6, 6.07) is 0. The van der Waals surface area contributed by atoms with E-state index < -0.39 is 23.7 Å². The Labute approximate surface area is 104 Å². The lowest BCUT2D eigenvalue weighted by Crippen LogP contribution is -2.71. The molecule has 1 saturated carbocycles. The Bertz CT molecular complexity index is 413. The van der Waals surface area contributed by atoms with E-state index in [-0.39, 0.29) is 24.9 Å². The molecule has 3 rings (SSSR count). The molecular formula is C11H17N3O4. The molecule has 0 amide bonds. The summed E-state index contributed by atoms with van der Waals surface area (Å²) >= 11 is 0. The van der Waals surface area contributed by atoms with Crippen LogP contribution in [0.25, 0.3) is 0 Å². The van der Waals surface area contributed by atoms with Gasteiger partial charge in [0.1, 0.15) is 6.10 Å². The fraction of sp³-hybridized carbons (Fsp3) is 0.818. The number of guanidine groups is 1. The van der Waals surface area contributed by atoms with Crippen LogP contribution in [-0.2, 0) is 9.53 Å². The van der Waals surface area contributed by atoms with Crippen molar-refractivity contribution in [2.45, 2.75) is 30.6 Å². The zero-order valence-electron chi connectivity index (χ0n) is 9.87. The molecule has 5 N–H and O–H groups in total. The summed E-state index contributed by atoms with van der Waals surface area (Å²) in [5.41, 5.74) is 5.11. The Hall–Kier alpha value is -1.34. The number of rotatable bonds is 1. The number of hydrogen-bond donors (Lipinski definition) is 4. The standard InChI is InChI=1S/C11H17N3O4/c12-10-13-3-6-9(17)5(4-15)7-1-11(6,14-10)2-8(16)18-7/h5-7,9,15,17H,1-4H2,(H3,12,13,14)/t5-,6-,7+,9+,11?/m0/s1. The molecule has 1 saturated heterocycles. The van der Waals surface area contributed by atoms with Gasteiger partial charge in [0.05, 0.1) is 31.2 Å². The molecule has 1 aliphatic carbocycles. The monoisotopic (exact) mass is 255 g/mol. The van der Waals surface area contributed by atoms with E-state index in [9.17, 15) is 15.0 Å². The maximum absolute atomic E-state index is 11.7. The highest BCUT2D eigenvalue weighted by Crippen LogP contribution is 2.45. The van der Waals surface area contributed by atoms with Crippen LogP contribution < -0.4 is 11.1 Å². The zero-order valence-corrected chi connectivity index (χ0v) is 9.87. The van der Waals surface area contributed by atoms with Crippen LogP contribution in [0.2, 0.25) is 0 Å². The van der Waals surface area contributed by atoms with Gasteiger partial charge in [0.15, 0.2) is 5.96 Å². The van der Waals surface area contributed by atoms with Crippen molar-refractivity contribution < 1.29 is 19.7 Å². The first-order chi connectivity index (χ1) is 8.55. The van der Waals surface area contributed by atoms with Crippen LogP contribution in [0.15, 0.2) is 4.99 Å². The lowest BCUT2D eigenvalue weighted by Gasteiger charge is -2.55. The molecule has 2 aliphatic heterocycles. The SMILES string of the molecule is NC1=NC[C@H]2[C@H](O)[C@@H](CO)[C@H]3CC2(CC(=O)O3)N1. The molecule has 2 heterocycles. The predicted octanol–water partition coefficient (Wildman–Crippen LogP) is -2.05. The molecule has 2 bridgehead atoms. The molecule has 2 fully saturated rings. The van der Waals surface area contributed by atoms with Crippen LogP contribution in [-0.4, -0.2) is 53.0 Å². The fourth-order valence-electron chi connectivity index (χ4n) is 3.49. The quantitative estimate of drug-likeness (QED) is 0.401. The van der Waals surface area contributed by atoms with E-state index in [1.165, 1.54) is 0 Å². The summed E-state index contributed by atoms with van der Waals surface area (Å²) in [5.74, 6) is -0.673. The van der Waals surface area contributed by atoms with Crippen LogP contribution in [0.3, 0.4) is 0 Å². The van der Waals surface area contributed by atoms with Crippen molar-refractivity contribution >= 4 is 11.9 Å². The predicted molar refractivity (Wildman–Crippen MR) is 61.5 cm³/mol. The summed E-state index contributed by atoms with van der Waals surface area (Å²) < 4.78 is 5.23. The number of aliphatic imine (C=N–C) groups is 1. The molecule has 5 atom stereocenters. The number of carbonyl (C=O) groups excluding carboxylic acids is 1. The number of aliphatic hydroxyl groups is 2. The molecule has 0 radical (unpaired) electrons. The van der Waals surface area contributed by atoms with Crippen LogP contribution >= 0.6 is 0 Å². The minimum Gasteiger partial charge on any atom is -0.462 e. The highest BCUT2D eigenvalue weighted by molar-refractivity contribution is 5.82. The van der Waals surface area contributed by atoms with Crippen molar-refractivity contribution in [3.05, 3.63) is 0 Å².